The molecule has 5 nitrogen and oxygen atoms in total. The molecule has 0 aliphatic carbocycles. The molecule has 1 atom stereocenters. The van der Waals surface area contributed by atoms with Crippen molar-refractivity contribution >= 4 is 43.9 Å². The van der Waals surface area contributed by atoms with Gasteiger partial charge in [-0.1, -0.05) is 23.5 Å². The SMILES string of the molecule is Cc1csc([C@@](O)(CC(=O)Nc2nc3c(C)cccc3s2)C(F)(F)F)n1. The van der Waals surface area contributed by atoms with E-state index in [2.05, 4.69) is 15.3 Å². The van der Waals surface area contributed by atoms with Crippen molar-refractivity contribution in [1.29, 1.82) is 0 Å². The average Bonchev–Trinajstić information content (AvgIpc) is 3.13. The molecule has 1 amide bonds. The molecule has 2 N–H and O–H groups in total. The Morgan fingerprint density at radius 2 is 2.00 bits per heavy atom. The fourth-order valence-corrected chi connectivity index (χ4v) is 4.25. The summed E-state index contributed by atoms with van der Waals surface area (Å²) in [5, 5.41) is 13.6. The molecule has 0 unspecified atom stereocenters. The van der Waals surface area contributed by atoms with Gasteiger partial charge in [-0.3, -0.25) is 4.79 Å². The lowest BCUT2D eigenvalue weighted by atomic mass is 9.99. The second kappa shape index (κ2) is 6.60. The average molecular weight is 401 g/mol. The predicted molar refractivity (Wildman–Crippen MR) is 94.4 cm³/mol. The van der Waals surface area contributed by atoms with E-state index in [0.29, 0.717) is 22.5 Å². The van der Waals surface area contributed by atoms with Crippen LogP contribution in [0.25, 0.3) is 10.2 Å². The monoisotopic (exact) mass is 401 g/mol. The molecule has 0 fully saturated rings. The number of alkyl halides is 3. The Labute approximate surface area is 154 Å². The predicted octanol–water partition coefficient (Wildman–Crippen LogP) is 4.15. The summed E-state index contributed by atoms with van der Waals surface area (Å²) in [5.41, 5.74) is -1.43. The normalized spacial score (nSPS) is 14.4. The van der Waals surface area contributed by atoms with Crippen LogP contribution >= 0.6 is 22.7 Å². The number of fused-ring (bicyclic) bond motifs is 1. The lowest BCUT2D eigenvalue weighted by Gasteiger charge is -2.27. The molecule has 0 spiro atoms. The van der Waals surface area contributed by atoms with Crippen molar-refractivity contribution in [3.63, 3.8) is 0 Å². The highest BCUT2D eigenvalue weighted by Gasteiger charge is 2.58. The third kappa shape index (κ3) is 3.44. The second-order valence-corrected chi connectivity index (χ2v) is 7.71. The van der Waals surface area contributed by atoms with Crippen molar-refractivity contribution in [1.82, 2.24) is 9.97 Å². The van der Waals surface area contributed by atoms with Crippen LogP contribution in [0.1, 0.15) is 22.7 Å². The summed E-state index contributed by atoms with van der Waals surface area (Å²) in [6.07, 6.45) is -6.24. The zero-order valence-corrected chi connectivity index (χ0v) is 15.3. The smallest absolute Gasteiger partial charge is 0.374 e. The first kappa shape index (κ1) is 18.7. The molecule has 10 heteroatoms. The number of nitrogens with one attached hydrogen (secondary N) is 1. The maximum Gasteiger partial charge on any atom is 0.424 e. The lowest BCUT2D eigenvalue weighted by Crippen LogP contribution is -2.45. The summed E-state index contributed by atoms with van der Waals surface area (Å²) < 4.78 is 41.1. The molecule has 1 aromatic carbocycles. The maximum atomic E-state index is 13.4. The number of rotatable bonds is 4. The Bertz CT molecular complexity index is 967. The topological polar surface area (TPSA) is 75.1 Å². The summed E-state index contributed by atoms with van der Waals surface area (Å²) in [4.78, 5) is 20.1. The highest BCUT2D eigenvalue weighted by atomic mass is 32.1. The minimum Gasteiger partial charge on any atom is -0.374 e. The van der Waals surface area contributed by atoms with E-state index in [1.165, 1.54) is 12.3 Å². The number of nitrogens with zero attached hydrogens (tertiary/aromatic N) is 2. The first-order chi connectivity index (χ1) is 12.1. The van der Waals surface area contributed by atoms with Gasteiger partial charge in [0, 0.05) is 11.1 Å². The molecule has 2 aromatic heterocycles. The van der Waals surface area contributed by atoms with Gasteiger partial charge in [-0.25, -0.2) is 9.97 Å². The van der Waals surface area contributed by atoms with E-state index >= 15 is 0 Å². The van der Waals surface area contributed by atoms with Crippen LogP contribution in [0, 0.1) is 13.8 Å². The second-order valence-electron chi connectivity index (χ2n) is 5.82. The highest BCUT2D eigenvalue weighted by molar-refractivity contribution is 7.22. The molecule has 0 bridgehead atoms. The zero-order valence-electron chi connectivity index (χ0n) is 13.7. The zero-order chi connectivity index (χ0) is 19.1. The molecule has 0 aliphatic heterocycles. The molecular formula is C16H14F3N3O2S2. The number of hydrogen-bond donors (Lipinski definition) is 2. The molecule has 26 heavy (non-hydrogen) atoms. The number of halogens is 3. The number of aromatic nitrogens is 2. The number of benzene rings is 1. The van der Waals surface area contributed by atoms with Crippen LogP contribution in [0.2, 0.25) is 0 Å². The number of carbonyl (C=O) groups is 1. The lowest BCUT2D eigenvalue weighted by molar-refractivity contribution is -0.266. The molecule has 138 valence electrons. The van der Waals surface area contributed by atoms with Gasteiger partial charge in [-0.2, -0.15) is 13.2 Å². The van der Waals surface area contributed by atoms with Gasteiger partial charge in [-0.05, 0) is 25.5 Å². The van der Waals surface area contributed by atoms with E-state index in [1.54, 1.807) is 6.07 Å². The third-order valence-corrected chi connectivity index (χ3v) is 5.77. The minimum absolute atomic E-state index is 0.180. The van der Waals surface area contributed by atoms with Crippen molar-refractivity contribution < 1.29 is 23.1 Å². The molecule has 0 saturated carbocycles. The van der Waals surface area contributed by atoms with E-state index < -0.39 is 29.1 Å². The van der Waals surface area contributed by atoms with E-state index in [-0.39, 0.29) is 5.13 Å². The highest BCUT2D eigenvalue weighted by Crippen LogP contribution is 2.43. The van der Waals surface area contributed by atoms with Crippen molar-refractivity contribution in [3.8, 4) is 0 Å². The molecule has 0 aliphatic rings. The summed E-state index contributed by atoms with van der Waals surface area (Å²) in [6, 6.07) is 5.48. The number of hydrogen-bond acceptors (Lipinski definition) is 6. The van der Waals surface area contributed by atoms with Crippen molar-refractivity contribution in [2.75, 3.05) is 5.32 Å². The number of aliphatic hydroxyl groups is 1. The number of carbonyl (C=O) groups excluding carboxylic acids is 1. The van der Waals surface area contributed by atoms with Gasteiger partial charge < -0.3 is 10.4 Å². The van der Waals surface area contributed by atoms with Crippen LogP contribution in [-0.2, 0) is 10.4 Å². The van der Waals surface area contributed by atoms with Gasteiger partial charge in [0.15, 0.2) is 5.13 Å². The maximum absolute atomic E-state index is 13.4. The Morgan fingerprint density at radius 1 is 1.27 bits per heavy atom. The quantitative estimate of drug-likeness (QED) is 0.689. The van der Waals surface area contributed by atoms with Gasteiger partial charge in [0.1, 0.15) is 5.01 Å². The Morgan fingerprint density at radius 3 is 2.58 bits per heavy atom. The van der Waals surface area contributed by atoms with Gasteiger partial charge in [0.05, 0.1) is 16.6 Å². The van der Waals surface area contributed by atoms with E-state index in [1.807, 2.05) is 19.1 Å². The fourth-order valence-electron chi connectivity index (χ4n) is 2.38. The van der Waals surface area contributed by atoms with Crippen LogP contribution in [0.4, 0.5) is 18.3 Å². The van der Waals surface area contributed by atoms with Gasteiger partial charge in [0.25, 0.3) is 0 Å². The Balaban J connectivity index is 1.85. The van der Waals surface area contributed by atoms with Crippen molar-refractivity contribution in [2.24, 2.45) is 0 Å². The van der Waals surface area contributed by atoms with Gasteiger partial charge >= 0.3 is 6.18 Å². The largest absolute Gasteiger partial charge is 0.424 e. The van der Waals surface area contributed by atoms with E-state index in [4.69, 9.17) is 0 Å². The standard InChI is InChI=1S/C16H14F3N3O2S2/c1-8-4-3-5-10-12(8)22-14(26-10)21-11(23)6-15(24,16(17,18)19)13-20-9(2)7-25-13/h3-5,7,24H,6H2,1-2H3,(H,21,22,23)/t15-/m0/s1. The molecular weight excluding hydrogens is 387 g/mol. The summed E-state index contributed by atoms with van der Waals surface area (Å²) in [6.45, 7) is 3.36. The van der Waals surface area contributed by atoms with Crippen LogP contribution in [0.5, 0.6) is 0 Å². The fraction of sp³-hybridized carbons (Fsp3) is 0.312. The molecule has 2 heterocycles. The summed E-state index contributed by atoms with van der Waals surface area (Å²) >= 11 is 1.82. The first-order valence-electron chi connectivity index (χ1n) is 7.48. The van der Waals surface area contributed by atoms with E-state index in [9.17, 15) is 23.1 Å². The van der Waals surface area contributed by atoms with Crippen LogP contribution in [0.15, 0.2) is 23.6 Å². The van der Waals surface area contributed by atoms with Crippen LogP contribution < -0.4 is 5.32 Å². The van der Waals surface area contributed by atoms with Crippen molar-refractivity contribution in [2.45, 2.75) is 32.0 Å². The van der Waals surface area contributed by atoms with Crippen LogP contribution in [-0.4, -0.2) is 27.2 Å². The third-order valence-electron chi connectivity index (χ3n) is 3.73. The van der Waals surface area contributed by atoms with Gasteiger partial charge in [0.2, 0.25) is 11.5 Å². The van der Waals surface area contributed by atoms with Crippen LogP contribution in [0.3, 0.4) is 0 Å². The number of aryl methyl sites for hydroxylation is 2. The Hall–Kier alpha value is -2.04. The molecule has 0 radical (unpaired) electrons. The van der Waals surface area contributed by atoms with Gasteiger partial charge in [-0.15, -0.1) is 11.3 Å². The number of thiazole rings is 2. The minimum atomic E-state index is -5.04. The van der Waals surface area contributed by atoms with E-state index in [0.717, 1.165) is 21.6 Å². The molecule has 3 rings (SSSR count). The number of para-hydroxylation sites is 1. The number of anilines is 1. The summed E-state index contributed by atoms with van der Waals surface area (Å²) in [5.74, 6) is -0.991. The Kier molecular flexibility index (Phi) is 4.76. The number of amides is 1. The van der Waals surface area contributed by atoms with Crippen molar-refractivity contribution in [3.05, 3.63) is 39.8 Å². The summed E-state index contributed by atoms with van der Waals surface area (Å²) in [7, 11) is 0. The molecule has 3 aromatic rings. The first-order valence-corrected chi connectivity index (χ1v) is 9.17. The molecule has 0 saturated heterocycles.